The Labute approximate surface area is 166 Å². The van der Waals surface area contributed by atoms with E-state index in [0.717, 1.165) is 36.2 Å². The Bertz CT molecular complexity index is 771. The predicted octanol–water partition coefficient (Wildman–Crippen LogP) is 5.37. The average Bonchev–Trinajstić information content (AvgIpc) is 2.64. The maximum atomic E-state index is 12.1. The Morgan fingerprint density at radius 3 is 2.15 bits per heavy atom. The molecule has 2 N–H and O–H groups in total. The lowest BCUT2D eigenvalue weighted by Crippen LogP contribution is -2.18. The minimum atomic E-state index is 0.0459. The summed E-state index contributed by atoms with van der Waals surface area (Å²) >= 11 is 1.73. The van der Waals surface area contributed by atoms with Crippen molar-refractivity contribution in [2.45, 2.75) is 44.8 Å². The molecular weight excluding hydrogens is 354 g/mol. The Kier molecular flexibility index (Phi) is 7.90. The van der Waals surface area contributed by atoms with Gasteiger partial charge in [0, 0.05) is 23.4 Å². The second-order valence-corrected chi connectivity index (χ2v) is 9.10. The smallest absolute Gasteiger partial charge is 0.224 e. The van der Waals surface area contributed by atoms with Gasteiger partial charge in [0.25, 0.3) is 0 Å². The predicted molar refractivity (Wildman–Crippen MR) is 114 cm³/mol. The van der Waals surface area contributed by atoms with Crippen LogP contribution in [0.1, 0.15) is 45.6 Å². The van der Waals surface area contributed by atoms with Crippen molar-refractivity contribution in [1.82, 2.24) is 4.72 Å². The molecule has 0 aliphatic carbocycles. The Balaban J connectivity index is 1.74. The van der Waals surface area contributed by atoms with E-state index in [9.17, 15) is 4.79 Å². The lowest BCUT2D eigenvalue weighted by atomic mass is 10.0. The van der Waals surface area contributed by atoms with Crippen LogP contribution in [0.15, 0.2) is 48.5 Å². The van der Waals surface area contributed by atoms with Crippen LogP contribution in [0.2, 0.25) is 0 Å². The van der Waals surface area contributed by atoms with Crippen LogP contribution in [0.3, 0.4) is 0 Å². The lowest BCUT2D eigenvalue weighted by Gasteiger charge is -2.17. The molecular formula is C22H27N3OS. The van der Waals surface area contributed by atoms with Gasteiger partial charge < -0.3 is 5.32 Å². The highest BCUT2D eigenvalue weighted by molar-refractivity contribution is 7.98. The first-order valence-corrected chi connectivity index (χ1v) is 10.0. The third-order valence-electron chi connectivity index (χ3n) is 3.83. The molecule has 0 aliphatic rings. The molecule has 0 aliphatic heterocycles. The lowest BCUT2D eigenvalue weighted by molar-refractivity contribution is -0.116. The topological polar surface area (TPSA) is 64.9 Å². The number of hydrogen-bond donors (Lipinski definition) is 2. The highest BCUT2D eigenvalue weighted by Crippen LogP contribution is 2.22. The first-order chi connectivity index (χ1) is 12.9. The third-order valence-corrected chi connectivity index (χ3v) is 4.79. The summed E-state index contributed by atoms with van der Waals surface area (Å²) < 4.78 is 3.55. The van der Waals surface area contributed by atoms with Crippen molar-refractivity contribution < 1.29 is 4.79 Å². The number of nitriles is 1. The maximum absolute atomic E-state index is 12.1. The van der Waals surface area contributed by atoms with Crippen LogP contribution >= 0.6 is 11.9 Å². The van der Waals surface area contributed by atoms with Gasteiger partial charge in [0.2, 0.25) is 5.91 Å². The van der Waals surface area contributed by atoms with Crippen molar-refractivity contribution in [2.24, 2.45) is 0 Å². The van der Waals surface area contributed by atoms with Gasteiger partial charge in [0.05, 0.1) is 11.6 Å². The van der Waals surface area contributed by atoms with Gasteiger partial charge in [-0.05, 0) is 69.0 Å². The van der Waals surface area contributed by atoms with Crippen molar-refractivity contribution in [3.8, 4) is 17.2 Å². The molecule has 27 heavy (non-hydrogen) atoms. The van der Waals surface area contributed by atoms with E-state index in [2.05, 4.69) is 36.9 Å². The summed E-state index contributed by atoms with van der Waals surface area (Å²) in [6.07, 6.45) is 2.38. The van der Waals surface area contributed by atoms with Gasteiger partial charge in [-0.3, -0.25) is 9.52 Å². The summed E-state index contributed by atoms with van der Waals surface area (Å²) in [4.78, 5) is 12.1. The molecule has 0 aromatic heterocycles. The Morgan fingerprint density at radius 2 is 1.59 bits per heavy atom. The second-order valence-electron chi connectivity index (χ2n) is 7.38. The van der Waals surface area contributed by atoms with Crippen LogP contribution in [0.25, 0.3) is 11.1 Å². The van der Waals surface area contributed by atoms with Crippen molar-refractivity contribution >= 4 is 23.5 Å². The van der Waals surface area contributed by atoms with Crippen LogP contribution in [-0.2, 0) is 4.79 Å². The number of hydrogen-bond acceptors (Lipinski definition) is 4. The van der Waals surface area contributed by atoms with E-state index in [1.165, 1.54) is 0 Å². The average molecular weight is 382 g/mol. The van der Waals surface area contributed by atoms with Crippen molar-refractivity contribution in [3.63, 3.8) is 0 Å². The third kappa shape index (κ3) is 7.86. The molecule has 0 saturated heterocycles. The zero-order valence-corrected chi connectivity index (χ0v) is 17.0. The monoisotopic (exact) mass is 381 g/mol. The highest BCUT2D eigenvalue weighted by Gasteiger charge is 2.09. The van der Waals surface area contributed by atoms with Crippen LogP contribution in [0.4, 0.5) is 5.69 Å². The fourth-order valence-corrected chi connectivity index (χ4v) is 3.14. The molecule has 2 rings (SSSR count). The number of carbonyl (C=O) groups is 1. The number of nitrogens with one attached hydrogen (secondary N) is 2. The number of carbonyl (C=O) groups excluding carboxylic acids is 1. The second kappa shape index (κ2) is 10.1. The number of unbranched alkanes of at least 4 members (excludes halogenated alkanes) is 1. The molecule has 1 amide bonds. The number of benzene rings is 2. The number of amides is 1. The van der Waals surface area contributed by atoms with Gasteiger partial charge in [-0.1, -0.05) is 36.2 Å². The molecule has 0 unspecified atom stereocenters. The van der Waals surface area contributed by atoms with Crippen molar-refractivity contribution in [3.05, 3.63) is 54.1 Å². The first kappa shape index (κ1) is 21.0. The summed E-state index contributed by atoms with van der Waals surface area (Å²) in [5, 5.41) is 11.8. The normalized spacial score (nSPS) is 11.0. The van der Waals surface area contributed by atoms with E-state index >= 15 is 0 Å². The van der Waals surface area contributed by atoms with Gasteiger partial charge in [-0.25, -0.2) is 0 Å². The number of anilines is 1. The first-order valence-electron chi connectivity index (χ1n) is 9.19. The summed E-state index contributed by atoms with van der Waals surface area (Å²) in [7, 11) is 0. The summed E-state index contributed by atoms with van der Waals surface area (Å²) in [6.45, 7) is 7.43. The molecule has 4 nitrogen and oxygen atoms in total. The molecule has 0 spiro atoms. The Morgan fingerprint density at radius 1 is 1.00 bits per heavy atom. The maximum Gasteiger partial charge on any atom is 0.224 e. The fraction of sp³-hybridized carbons (Fsp3) is 0.364. The summed E-state index contributed by atoms with van der Waals surface area (Å²) in [5.74, 6) is 0.0459. The molecule has 0 saturated carbocycles. The molecule has 2 aromatic rings. The van der Waals surface area contributed by atoms with Crippen molar-refractivity contribution in [2.75, 3.05) is 11.9 Å². The molecule has 0 fully saturated rings. The summed E-state index contributed by atoms with van der Waals surface area (Å²) in [5.41, 5.74) is 3.56. The van der Waals surface area contributed by atoms with E-state index < -0.39 is 0 Å². The minimum Gasteiger partial charge on any atom is -0.326 e. The zero-order chi connectivity index (χ0) is 19.7. The minimum absolute atomic E-state index is 0.0459. The largest absolute Gasteiger partial charge is 0.326 e. The zero-order valence-electron chi connectivity index (χ0n) is 16.2. The molecule has 142 valence electrons. The van der Waals surface area contributed by atoms with E-state index in [1.54, 1.807) is 24.1 Å². The van der Waals surface area contributed by atoms with E-state index in [4.69, 9.17) is 5.26 Å². The van der Waals surface area contributed by atoms with Gasteiger partial charge in [-0.2, -0.15) is 5.26 Å². The molecule has 5 heteroatoms. The molecule has 0 atom stereocenters. The molecule has 0 bridgehead atoms. The van der Waals surface area contributed by atoms with Gasteiger partial charge in [0.1, 0.15) is 0 Å². The standard InChI is InChI=1S/C22H27N3OS/c1-22(2,3)27-24-15-5-4-6-21(26)25-20-13-11-19(12-14-20)18-9-7-17(16-23)8-10-18/h7-14,24H,4-6,15H2,1-3H3,(H,25,26). The Hall–Kier alpha value is -2.29. The molecule has 0 heterocycles. The molecule has 2 aromatic carbocycles. The van der Waals surface area contributed by atoms with Gasteiger partial charge in [-0.15, -0.1) is 0 Å². The van der Waals surface area contributed by atoms with Crippen LogP contribution in [0, 0.1) is 11.3 Å². The van der Waals surface area contributed by atoms with Crippen molar-refractivity contribution in [1.29, 1.82) is 5.26 Å². The SMILES string of the molecule is CC(C)(C)SNCCCCC(=O)Nc1ccc(-c2ccc(C#N)cc2)cc1. The van der Waals surface area contributed by atoms with Crippen LogP contribution in [-0.4, -0.2) is 17.2 Å². The van der Waals surface area contributed by atoms with Crippen LogP contribution < -0.4 is 10.0 Å². The van der Waals surface area contributed by atoms with Crippen LogP contribution in [0.5, 0.6) is 0 Å². The van der Waals surface area contributed by atoms with Gasteiger partial charge in [0.15, 0.2) is 0 Å². The number of nitrogens with zero attached hydrogens (tertiary/aromatic N) is 1. The summed E-state index contributed by atoms with van der Waals surface area (Å²) in [6, 6.07) is 17.4. The van der Waals surface area contributed by atoms with Gasteiger partial charge >= 0.3 is 0 Å². The van der Waals surface area contributed by atoms with E-state index in [0.29, 0.717) is 12.0 Å². The quantitative estimate of drug-likeness (QED) is 0.476. The van der Waals surface area contributed by atoms with E-state index in [1.807, 2.05) is 36.4 Å². The van der Waals surface area contributed by atoms with E-state index in [-0.39, 0.29) is 10.7 Å². The molecule has 0 radical (unpaired) electrons. The number of rotatable bonds is 8. The fourth-order valence-electron chi connectivity index (χ4n) is 2.46. The highest BCUT2D eigenvalue weighted by atomic mass is 32.2.